The molecule has 2 aliphatic heterocycles. The summed E-state index contributed by atoms with van der Waals surface area (Å²) in [6.45, 7) is 10.4. The van der Waals surface area contributed by atoms with E-state index in [-0.39, 0.29) is 59.8 Å². The van der Waals surface area contributed by atoms with E-state index in [0.29, 0.717) is 21.5 Å². The van der Waals surface area contributed by atoms with Crippen LogP contribution in [0, 0.1) is 23.3 Å². The van der Waals surface area contributed by atoms with Gasteiger partial charge in [0.25, 0.3) is 0 Å². The number of hydrogen-bond acceptors (Lipinski definition) is 12. The zero-order valence-corrected chi connectivity index (χ0v) is 43.7. The first-order valence-corrected chi connectivity index (χ1v) is 23.4. The van der Waals surface area contributed by atoms with E-state index in [1.165, 1.54) is 17.4 Å². The highest BCUT2D eigenvalue weighted by Crippen LogP contribution is 2.31. The second-order valence-electron chi connectivity index (χ2n) is 14.5. The van der Waals surface area contributed by atoms with Crippen molar-refractivity contribution in [2.24, 2.45) is 10.7 Å². The number of Topliss-reactive ketones (excluding diaryl/α,β-unsaturated/α-hetero) is 1. The molecule has 356 valence electrons. The van der Waals surface area contributed by atoms with Crippen molar-refractivity contribution < 1.29 is 27.2 Å². The Kier molecular flexibility index (Phi) is 23.4. The first kappa shape index (κ1) is 56.1. The maximum absolute atomic E-state index is 13.4. The van der Waals surface area contributed by atoms with Gasteiger partial charge >= 0.3 is 0 Å². The van der Waals surface area contributed by atoms with Crippen LogP contribution in [0.25, 0.3) is 0 Å². The predicted octanol–water partition coefficient (Wildman–Crippen LogP) is 9.11. The lowest BCUT2D eigenvalue weighted by atomic mass is 10.1. The van der Waals surface area contributed by atoms with E-state index < -0.39 is 29.1 Å². The summed E-state index contributed by atoms with van der Waals surface area (Å²) < 4.78 is 51.9. The zero-order valence-electron chi connectivity index (χ0n) is 36.5. The smallest absolute Gasteiger partial charge is 0.207 e. The molecule has 6 N–H and O–H groups in total. The van der Waals surface area contributed by atoms with Crippen LogP contribution in [0.1, 0.15) is 32.5 Å². The number of amidine groups is 1. The molecule has 7 rings (SSSR count). The van der Waals surface area contributed by atoms with Crippen molar-refractivity contribution in [2.75, 3.05) is 104 Å². The molecule has 0 radical (unpaired) electrons. The Labute approximate surface area is 418 Å². The molecule has 0 saturated carbocycles. The SMILES string of the molecule is Br.CCSC(N)=NC(=S)Nc1ccc(N2CCN(C)CC2)cc1.CN1CCN(c2ccc(Nc3nc(N)c(C(=O)c4cc(F)cc(F)c4)s3)cc2)CC1.O=C(CBr)c1cc(F)cc(F)c1.P. The molecule has 4 aromatic carbocycles. The summed E-state index contributed by atoms with van der Waals surface area (Å²) in [5.74, 6) is -3.11. The highest BCUT2D eigenvalue weighted by molar-refractivity contribution is 9.09. The van der Waals surface area contributed by atoms with Gasteiger partial charge in [-0.2, -0.15) is 14.9 Å². The molecular formula is C44H53Br2F4N10O2PS3. The number of hydrogen-bond donors (Lipinski definition) is 4. The average molecular weight is 1120 g/mol. The van der Waals surface area contributed by atoms with E-state index in [2.05, 4.69) is 82.4 Å². The Morgan fingerprint density at radius 2 is 1.21 bits per heavy atom. The Morgan fingerprint density at radius 1 is 0.773 bits per heavy atom. The van der Waals surface area contributed by atoms with E-state index in [9.17, 15) is 27.2 Å². The molecular weight excluding hydrogens is 1060 g/mol. The lowest BCUT2D eigenvalue weighted by Gasteiger charge is -2.34. The Hall–Kier alpha value is -4.21. The molecule has 2 saturated heterocycles. The number of anilines is 6. The van der Waals surface area contributed by atoms with Crippen LogP contribution in [-0.4, -0.2) is 114 Å². The summed E-state index contributed by atoms with van der Waals surface area (Å²) in [5, 5.41) is 7.61. The number of aromatic nitrogens is 1. The fourth-order valence-corrected chi connectivity index (χ4v) is 8.27. The number of carbonyl (C=O) groups is 2. The van der Waals surface area contributed by atoms with E-state index >= 15 is 0 Å². The van der Waals surface area contributed by atoms with Crippen molar-refractivity contribution >= 4 is 134 Å². The summed E-state index contributed by atoms with van der Waals surface area (Å²) >= 11 is 10.6. The van der Waals surface area contributed by atoms with Crippen molar-refractivity contribution in [3.8, 4) is 0 Å². The van der Waals surface area contributed by atoms with Gasteiger partial charge in [-0.15, -0.1) is 17.0 Å². The van der Waals surface area contributed by atoms with Crippen LogP contribution in [0.15, 0.2) is 89.9 Å². The fraction of sp³-hybridized carbons (Fsp3) is 0.295. The number of nitrogens with zero attached hydrogens (tertiary/aromatic N) is 6. The summed E-state index contributed by atoms with van der Waals surface area (Å²) in [6.07, 6.45) is 0. The Bertz CT molecular complexity index is 2370. The minimum atomic E-state index is -0.819. The van der Waals surface area contributed by atoms with Crippen molar-refractivity contribution in [2.45, 2.75) is 6.92 Å². The normalized spacial score (nSPS) is 14.0. The van der Waals surface area contributed by atoms with Gasteiger partial charge < -0.3 is 41.7 Å². The maximum Gasteiger partial charge on any atom is 0.207 e. The molecule has 22 heteroatoms. The molecule has 2 aliphatic rings. The number of rotatable bonds is 10. The van der Waals surface area contributed by atoms with E-state index in [4.69, 9.17) is 23.7 Å². The number of alkyl halides is 1. The van der Waals surface area contributed by atoms with Crippen molar-refractivity contribution in [3.05, 3.63) is 124 Å². The van der Waals surface area contributed by atoms with Crippen LogP contribution in [0.3, 0.4) is 0 Å². The minimum absolute atomic E-state index is 0. The van der Waals surface area contributed by atoms with Crippen molar-refractivity contribution in [1.29, 1.82) is 0 Å². The number of piperazine rings is 2. The van der Waals surface area contributed by atoms with E-state index in [1.807, 2.05) is 43.3 Å². The van der Waals surface area contributed by atoms with Gasteiger partial charge in [0.05, 0.1) is 5.33 Å². The van der Waals surface area contributed by atoms with Crippen LogP contribution in [0.5, 0.6) is 0 Å². The summed E-state index contributed by atoms with van der Waals surface area (Å²) in [7, 11) is 4.28. The molecule has 5 aromatic rings. The maximum atomic E-state index is 13.4. The van der Waals surface area contributed by atoms with Gasteiger partial charge in [0.2, 0.25) is 5.78 Å². The number of aliphatic imine (C=N–C) groups is 1. The van der Waals surface area contributed by atoms with Gasteiger partial charge in [-0.05, 0) is 105 Å². The molecule has 0 spiro atoms. The number of nitrogens with two attached hydrogens (primary N) is 2. The van der Waals surface area contributed by atoms with E-state index in [1.54, 1.807) is 0 Å². The van der Waals surface area contributed by atoms with Crippen molar-refractivity contribution in [1.82, 2.24) is 14.8 Å². The number of benzene rings is 4. The third-order valence-electron chi connectivity index (χ3n) is 9.77. The molecule has 1 unspecified atom stereocenters. The summed E-state index contributed by atoms with van der Waals surface area (Å²) in [4.78, 5) is 41.4. The molecule has 1 aromatic heterocycles. The van der Waals surface area contributed by atoms with Crippen LogP contribution in [0.4, 0.5) is 51.3 Å². The van der Waals surface area contributed by atoms with Gasteiger partial charge in [-0.3, -0.25) is 9.59 Å². The molecule has 1 atom stereocenters. The van der Waals surface area contributed by atoms with Crippen molar-refractivity contribution in [3.63, 3.8) is 0 Å². The molecule has 2 fully saturated rings. The number of thiazole rings is 1. The first-order chi connectivity index (χ1) is 30.6. The molecule has 0 aliphatic carbocycles. The molecule has 66 heavy (non-hydrogen) atoms. The third kappa shape index (κ3) is 17.5. The number of thioether (sulfide) groups is 1. The Morgan fingerprint density at radius 3 is 1.65 bits per heavy atom. The lowest BCUT2D eigenvalue weighted by Crippen LogP contribution is -2.44. The topological polar surface area (TPSA) is 148 Å². The minimum Gasteiger partial charge on any atom is -0.382 e. The summed E-state index contributed by atoms with van der Waals surface area (Å²) in [5.41, 5.74) is 15.7. The second-order valence-corrected chi connectivity index (χ2v) is 17.8. The van der Waals surface area contributed by atoms with Gasteiger partial charge in [-0.1, -0.05) is 46.0 Å². The lowest BCUT2D eigenvalue weighted by molar-refractivity contribution is 0.102. The van der Waals surface area contributed by atoms with E-state index in [0.717, 1.165) is 117 Å². The van der Waals surface area contributed by atoms with Gasteiger partial charge in [-0.25, -0.2) is 22.5 Å². The average Bonchev–Trinajstić information content (AvgIpc) is 3.63. The number of thiocarbonyl (C=S) groups is 1. The third-order valence-corrected chi connectivity index (χ3v) is 12.1. The molecule has 3 heterocycles. The number of nitrogens with one attached hydrogen (secondary N) is 2. The fourth-order valence-electron chi connectivity index (χ4n) is 6.35. The molecule has 12 nitrogen and oxygen atoms in total. The monoisotopic (exact) mass is 1110 g/mol. The zero-order chi connectivity index (χ0) is 46.3. The number of likely N-dealkylation sites (N-methyl/N-ethyl adjacent to an activating group) is 2. The first-order valence-electron chi connectivity index (χ1n) is 20.0. The standard InChI is InChI=1S/C21H21F2N5OS.C15H23N5S2.C8H5BrF2O.BrH.H3P/c1-27-6-8-28(9-7-27)17-4-2-16(3-5-17)25-21-26-20(24)19(30-21)18(29)13-10-14(22)12-15(23)11-13;1-3-22-14(16)18-15(21)17-12-4-6-13(7-5-12)20-10-8-19(2)9-11-20;9-4-8(12)5-1-6(10)3-7(11)2-5;;/h2-5,10-12H,6-9,24H2,1H3,(H,25,26);4-7H,3,8-11H2,1-2H3,(H3,16,17,18,21);1-3H,4H2;1H;1H3. The highest BCUT2D eigenvalue weighted by atomic mass is 79.9. The van der Waals surface area contributed by atoms with Gasteiger partial charge in [0.15, 0.2) is 21.2 Å². The van der Waals surface area contributed by atoms with Crippen LogP contribution in [0.2, 0.25) is 0 Å². The number of halogens is 6. The largest absolute Gasteiger partial charge is 0.382 e. The molecule has 0 bridgehead atoms. The molecule has 0 amide bonds. The van der Waals surface area contributed by atoms with Crippen LogP contribution in [-0.2, 0) is 0 Å². The highest BCUT2D eigenvalue weighted by Gasteiger charge is 2.20. The van der Waals surface area contributed by atoms with Gasteiger partial charge in [0, 0.05) is 98.4 Å². The number of ketones is 2. The number of nitrogen functional groups attached to an aromatic ring is 1. The quantitative estimate of drug-likeness (QED) is 0.0201. The second kappa shape index (κ2) is 27.6. The summed E-state index contributed by atoms with van der Waals surface area (Å²) in [6, 6.07) is 21.6. The number of carbonyl (C=O) groups excluding carboxylic acids is 2. The van der Waals surface area contributed by atoms with Crippen LogP contribution >= 0.6 is 78.1 Å². The Balaban J connectivity index is 0.000000282. The van der Waals surface area contributed by atoms with Crippen LogP contribution < -0.4 is 31.9 Å². The van der Waals surface area contributed by atoms with Gasteiger partial charge in [0.1, 0.15) is 34.0 Å². The predicted molar refractivity (Wildman–Crippen MR) is 284 cm³/mol.